The highest BCUT2D eigenvalue weighted by Crippen LogP contribution is 2.33. The van der Waals surface area contributed by atoms with E-state index in [0.29, 0.717) is 5.76 Å². The van der Waals surface area contributed by atoms with Gasteiger partial charge >= 0.3 is 0 Å². The number of phenols is 1. The minimum Gasteiger partial charge on any atom is -0.504 e. The first-order valence-corrected chi connectivity index (χ1v) is 5.32. The highest BCUT2D eigenvalue weighted by atomic mass is 16.3. The summed E-state index contributed by atoms with van der Waals surface area (Å²) >= 11 is 0. The molecular formula is C14H10O3. The fourth-order valence-corrected chi connectivity index (χ4v) is 2.06. The molecule has 1 N–H and O–H groups in total. The molecule has 84 valence electrons. The van der Waals surface area contributed by atoms with Crippen LogP contribution in [-0.2, 0) is 0 Å². The fourth-order valence-electron chi connectivity index (χ4n) is 2.06. The van der Waals surface area contributed by atoms with Gasteiger partial charge in [-0.25, -0.2) is 0 Å². The average molecular weight is 226 g/mol. The molecule has 1 aliphatic heterocycles. The summed E-state index contributed by atoms with van der Waals surface area (Å²) in [5, 5.41) is 10.4. The molecule has 0 amide bonds. The van der Waals surface area contributed by atoms with Crippen molar-refractivity contribution in [2.24, 2.45) is 0 Å². The van der Waals surface area contributed by atoms with E-state index in [2.05, 4.69) is 0 Å². The van der Waals surface area contributed by atoms with Crippen molar-refractivity contribution in [3.8, 4) is 17.1 Å². The maximum absolute atomic E-state index is 11.4. The van der Waals surface area contributed by atoms with E-state index in [-0.39, 0.29) is 5.75 Å². The molecule has 0 unspecified atom stereocenters. The molecule has 0 saturated carbocycles. The highest BCUT2D eigenvalue weighted by molar-refractivity contribution is 5.87. The van der Waals surface area contributed by atoms with E-state index in [4.69, 9.17) is 4.42 Å². The summed E-state index contributed by atoms with van der Waals surface area (Å²) in [5.74, 6) is 0.259. The molecule has 0 atom stereocenters. The van der Waals surface area contributed by atoms with E-state index in [0.717, 1.165) is 22.1 Å². The second-order valence-electron chi connectivity index (χ2n) is 4.04. The van der Waals surface area contributed by atoms with Crippen LogP contribution in [-0.4, -0.2) is 5.11 Å². The Hall–Kier alpha value is -2.29. The number of benzene rings is 2. The Morgan fingerprint density at radius 1 is 1.18 bits per heavy atom. The molecule has 0 saturated heterocycles. The molecule has 1 aliphatic carbocycles. The molecule has 0 radical (unpaired) electrons. The third-order valence-electron chi connectivity index (χ3n) is 2.98. The molecule has 0 spiro atoms. The molecule has 0 fully saturated rings. The van der Waals surface area contributed by atoms with Gasteiger partial charge in [-0.3, -0.25) is 4.79 Å². The van der Waals surface area contributed by atoms with Crippen molar-refractivity contribution in [3.05, 3.63) is 52.2 Å². The molecular weight excluding hydrogens is 216 g/mol. The van der Waals surface area contributed by atoms with E-state index < -0.39 is 5.43 Å². The maximum atomic E-state index is 11.4. The smallest absolute Gasteiger partial charge is 0.223 e. The van der Waals surface area contributed by atoms with Gasteiger partial charge in [-0.1, -0.05) is 18.2 Å². The molecule has 2 aliphatic rings. The van der Waals surface area contributed by atoms with Crippen molar-refractivity contribution in [2.45, 2.75) is 6.92 Å². The lowest BCUT2D eigenvalue weighted by Gasteiger charge is -2.11. The standard InChI is InChI=1S/C14H10O3/c1-8-9-4-2-3-5-13(9)17-14-7-12(16)11(15)6-10(8)14/h2-7,15H,1H3. The van der Waals surface area contributed by atoms with E-state index in [1.807, 2.05) is 31.2 Å². The van der Waals surface area contributed by atoms with Crippen LogP contribution in [0.1, 0.15) is 5.56 Å². The minimum atomic E-state index is -0.420. The predicted molar refractivity (Wildman–Crippen MR) is 65.5 cm³/mol. The molecule has 3 rings (SSSR count). The summed E-state index contributed by atoms with van der Waals surface area (Å²) in [4.78, 5) is 11.4. The van der Waals surface area contributed by atoms with E-state index in [1.165, 1.54) is 12.1 Å². The van der Waals surface area contributed by atoms with Gasteiger partial charge in [0.1, 0.15) is 11.3 Å². The molecule has 1 aromatic carbocycles. The van der Waals surface area contributed by atoms with E-state index >= 15 is 0 Å². The lowest BCUT2D eigenvalue weighted by atomic mass is 10.0. The van der Waals surface area contributed by atoms with Crippen LogP contribution in [0.5, 0.6) is 5.75 Å². The summed E-state index contributed by atoms with van der Waals surface area (Å²) in [6.07, 6.45) is 0. The van der Waals surface area contributed by atoms with Crippen LogP contribution >= 0.6 is 0 Å². The lowest BCUT2D eigenvalue weighted by Crippen LogP contribution is -2.01. The molecule has 1 aromatic rings. The van der Waals surface area contributed by atoms with Gasteiger partial charge in [-0.2, -0.15) is 0 Å². The van der Waals surface area contributed by atoms with Gasteiger partial charge in [0.15, 0.2) is 5.75 Å². The summed E-state index contributed by atoms with van der Waals surface area (Å²) in [5.41, 5.74) is 2.08. The third kappa shape index (κ3) is 1.40. The average Bonchev–Trinajstić information content (AvgIpc) is 2.32. The van der Waals surface area contributed by atoms with Gasteiger partial charge in [0.05, 0.1) is 0 Å². The first-order valence-electron chi connectivity index (χ1n) is 5.32. The van der Waals surface area contributed by atoms with E-state index in [1.54, 1.807) is 0 Å². The van der Waals surface area contributed by atoms with Crippen LogP contribution in [0.25, 0.3) is 22.3 Å². The second-order valence-corrected chi connectivity index (χ2v) is 4.04. The van der Waals surface area contributed by atoms with Crippen LogP contribution in [0.3, 0.4) is 0 Å². The van der Waals surface area contributed by atoms with Crippen LogP contribution < -0.4 is 5.43 Å². The van der Waals surface area contributed by atoms with Crippen molar-refractivity contribution >= 4 is 11.0 Å². The zero-order valence-electron chi connectivity index (χ0n) is 9.23. The first kappa shape index (κ1) is 9.90. The maximum Gasteiger partial charge on any atom is 0.223 e. The fraction of sp³-hybridized carbons (Fsp3) is 0.0714. The molecule has 3 heteroatoms. The van der Waals surface area contributed by atoms with Crippen molar-refractivity contribution < 1.29 is 9.52 Å². The van der Waals surface area contributed by atoms with Crippen molar-refractivity contribution in [1.82, 2.24) is 0 Å². The number of rotatable bonds is 0. The quantitative estimate of drug-likeness (QED) is 0.599. The third-order valence-corrected chi connectivity index (χ3v) is 2.98. The number of aryl methyl sites for hydroxylation is 1. The van der Waals surface area contributed by atoms with Gasteiger partial charge in [0.25, 0.3) is 0 Å². The van der Waals surface area contributed by atoms with Crippen molar-refractivity contribution in [2.75, 3.05) is 0 Å². The van der Waals surface area contributed by atoms with Crippen molar-refractivity contribution in [3.63, 3.8) is 0 Å². The largest absolute Gasteiger partial charge is 0.504 e. The Morgan fingerprint density at radius 2 is 1.94 bits per heavy atom. The Labute approximate surface area is 97.3 Å². The Morgan fingerprint density at radius 3 is 2.76 bits per heavy atom. The number of phenolic OH excluding ortho intramolecular Hbond substituents is 1. The topological polar surface area (TPSA) is 50.4 Å². The van der Waals surface area contributed by atoms with Gasteiger partial charge in [0.2, 0.25) is 5.43 Å². The number of para-hydroxylation sites is 1. The number of fused-ring (bicyclic) bond motifs is 2. The zero-order valence-corrected chi connectivity index (χ0v) is 9.23. The van der Waals surface area contributed by atoms with Crippen molar-refractivity contribution in [1.29, 1.82) is 0 Å². The SMILES string of the molecule is Cc1c2cc(O)c(=O)cc-2oc2ccccc12. The van der Waals surface area contributed by atoms with Gasteiger partial charge in [0, 0.05) is 17.0 Å². The Balaban J connectivity index is 2.56. The van der Waals surface area contributed by atoms with Gasteiger partial charge in [-0.15, -0.1) is 0 Å². The molecule has 0 aromatic heterocycles. The lowest BCUT2D eigenvalue weighted by molar-refractivity contribution is 0.469. The molecule has 3 nitrogen and oxygen atoms in total. The number of hydrogen-bond acceptors (Lipinski definition) is 3. The normalized spacial score (nSPS) is 11.1. The second kappa shape index (κ2) is 3.35. The summed E-state index contributed by atoms with van der Waals surface area (Å²) < 4.78 is 5.65. The molecule has 0 bridgehead atoms. The van der Waals surface area contributed by atoms with Crippen LogP contribution in [0.15, 0.2) is 45.6 Å². The summed E-state index contributed by atoms with van der Waals surface area (Å²) in [6.45, 7) is 1.95. The number of hydrogen-bond donors (Lipinski definition) is 1. The van der Waals surface area contributed by atoms with E-state index in [9.17, 15) is 9.90 Å². The predicted octanol–water partition coefficient (Wildman–Crippen LogP) is 2.91. The Bertz CT molecular complexity index is 740. The highest BCUT2D eigenvalue weighted by Gasteiger charge is 2.14. The van der Waals surface area contributed by atoms with Gasteiger partial charge < -0.3 is 9.52 Å². The molecule has 1 heterocycles. The first-order chi connectivity index (χ1) is 8.16. The monoisotopic (exact) mass is 226 g/mol. The zero-order chi connectivity index (χ0) is 12.0. The Kier molecular flexibility index (Phi) is 1.95. The van der Waals surface area contributed by atoms with Crippen LogP contribution in [0.2, 0.25) is 0 Å². The van der Waals surface area contributed by atoms with Gasteiger partial charge in [-0.05, 0) is 24.6 Å². The van der Waals surface area contributed by atoms with Crippen LogP contribution in [0, 0.1) is 6.92 Å². The molecule has 17 heavy (non-hydrogen) atoms. The number of aromatic hydroxyl groups is 1. The minimum absolute atomic E-state index is 0.244. The van der Waals surface area contributed by atoms with Crippen LogP contribution in [0.4, 0.5) is 0 Å². The summed E-state index contributed by atoms with van der Waals surface area (Å²) in [7, 11) is 0. The summed E-state index contributed by atoms with van der Waals surface area (Å²) in [6, 6.07) is 10.4.